The molecular formula is C25H45N5O2. The molecule has 0 aliphatic heterocycles. The minimum absolute atomic E-state index is 0.0726. The van der Waals surface area contributed by atoms with E-state index in [0.29, 0.717) is 69.6 Å². The van der Waals surface area contributed by atoms with Crippen molar-refractivity contribution in [2.75, 3.05) is 32.7 Å². The van der Waals surface area contributed by atoms with Crippen LogP contribution in [0.4, 0.5) is 0 Å². The number of amides is 1. The maximum absolute atomic E-state index is 12.1. The van der Waals surface area contributed by atoms with Gasteiger partial charge in [0.2, 0.25) is 5.91 Å². The summed E-state index contributed by atoms with van der Waals surface area (Å²) in [4.78, 5) is 28.5. The van der Waals surface area contributed by atoms with Gasteiger partial charge in [-0.05, 0) is 40.5 Å². The van der Waals surface area contributed by atoms with Crippen molar-refractivity contribution in [3.63, 3.8) is 0 Å². The maximum atomic E-state index is 12.1. The molecule has 0 aromatic heterocycles. The van der Waals surface area contributed by atoms with Gasteiger partial charge in [-0.3, -0.25) is 19.4 Å². The number of nitrogens with zero attached hydrogens (tertiary/aromatic N) is 4. The van der Waals surface area contributed by atoms with E-state index in [1.165, 1.54) is 0 Å². The molecule has 1 N–H and O–H groups in total. The molecule has 0 aliphatic carbocycles. The van der Waals surface area contributed by atoms with Crippen LogP contribution in [0.2, 0.25) is 0 Å². The van der Waals surface area contributed by atoms with Crippen LogP contribution in [0.5, 0.6) is 0 Å². The van der Waals surface area contributed by atoms with E-state index in [4.69, 9.17) is 10.5 Å². The number of nitriles is 2. The standard InChI is InChI=1S/C25H45N5O2/c1-22(2)29(18-10-15-26)20-13-24(31)12-8-6-5-7-9-17-28-25(32)14-21-30(23(3)4)19-11-16-27/h22-23H,5-14,17-21H2,1-4H3,(H,28,32). The van der Waals surface area contributed by atoms with Crippen molar-refractivity contribution in [3.05, 3.63) is 0 Å². The van der Waals surface area contributed by atoms with Gasteiger partial charge in [0.05, 0.1) is 12.1 Å². The molecule has 0 spiro atoms. The summed E-state index contributed by atoms with van der Waals surface area (Å²) in [6.07, 6.45) is 7.75. The molecule has 182 valence electrons. The molecule has 1 amide bonds. The third-order valence-corrected chi connectivity index (χ3v) is 5.74. The van der Waals surface area contributed by atoms with Gasteiger partial charge in [-0.2, -0.15) is 10.5 Å². The zero-order valence-electron chi connectivity index (χ0n) is 20.9. The zero-order chi connectivity index (χ0) is 24.2. The number of unbranched alkanes of at least 4 members (excludes halogenated alkanes) is 4. The van der Waals surface area contributed by atoms with Crippen molar-refractivity contribution in [1.82, 2.24) is 15.1 Å². The van der Waals surface area contributed by atoms with Gasteiger partial charge in [0, 0.05) is 76.9 Å². The van der Waals surface area contributed by atoms with Crippen molar-refractivity contribution in [3.8, 4) is 12.1 Å². The first-order chi connectivity index (χ1) is 15.3. The van der Waals surface area contributed by atoms with Crippen LogP contribution in [0.25, 0.3) is 0 Å². The molecule has 0 aromatic rings. The fourth-order valence-electron chi connectivity index (χ4n) is 3.58. The summed E-state index contributed by atoms with van der Waals surface area (Å²) >= 11 is 0. The van der Waals surface area contributed by atoms with E-state index in [1.807, 2.05) is 0 Å². The smallest absolute Gasteiger partial charge is 0.221 e. The lowest BCUT2D eigenvalue weighted by Gasteiger charge is -2.25. The molecule has 0 saturated carbocycles. The molecule has 7 nitrogen and oxygen atoms in total. The van der Waals surface area contributed by atoms with Gasteiger partial charge in [0.25, 0.3) is 0 Å². The average molecular weight is 448 g/mol. The zero-order valence-corrected chi connectivity index (χ0v) is 20.9. The van der Waals surface area contributed by atoms with E-state index in [1.54, 1.807) is 0 Å². The fourth-order valence-corrected chi connectivity index (χ4v) is 3.58. The van der Waals surface area contributed by atoms with Crippen LogP contribution < -0.4 is 5.32 Å². The quantitative estimate of drug-likeness (QED) is 0.283. The lowest BCUT2D eigenvalue weighted by molar-refractivity contribution is -0.121. The Kier molecular flexibility index (Phi) is 18.5. The van der Waals surface area contributed by atoms with Crippen molar-refractivity contribution >= 4 is 11.7 Å². The SMILES string of the molecule is CC(C)N(CCC#N)CCC(=O)CCCCCCCNC(=O)CCN(CCC#N)C(C)C. The Labute approximate surface area is 196 Å². The van der Waals surface area contributed by atoms with Crippen LogP contribution in [0.1, 0.15) is 91.9 Å². The van der Waals surface area contributed by atoms with Gasteiger partial charge in [0.15, 0.2) is 0 Å². The highest BCUT2D eigenvalue weighted by molar-refractivity contribution is 5.78. The summed E-state index contributed by atoms with van der Waals surface area (Å²) in [6, 6.07) is 5.02. The molecule has 7 heteroatoms. The Bertz CT molecular complexity index is 540. The number of ketones is 1. The van der Waals surface area contributed by atoms with Crippen LogP contribution in [-0.4, -0.2) is 66.3 Å². The predicted molar refractivity (Wildman–Crippen MR) is 129 cm³/mol. The predicted octanol–water partition coefficient (Wildman–Crippen LogP) is 4.04. The van der Waals surface area contributed by atoms with Gasteiger partial charge < -0.3 is 5.32 Å². The molecule has 0 unspecified atom stereocenters. The summed E-state index contributed by atoms with van der Waals surface area (Å²) in [5, 5.41) is 20.4. The van der Waals surface area contributed by atoms with Gasteiger partial charge in [-0.25, -0.2) is 0 Å². The van der Waals surface area contributed by atoms with Crippen molar-refractivity contribution in [2.45, 2.75) is 104 Å². The minimum Gasteiger partial charge on any atom is -0.356 e. The monoisotopic (exact) mass is 447 g/mol. The third kappa shape index (κ3) is 16.7. The van der Waals surface area contributed by atoms with Crippen molar-refractivity contribution in [1.29, 1.82) is 10.5 Å². The van der Waals surface area contributed by atoms with Crippen LogP contribution in [0.15, 0.2) is 0 Å². The fraction of sp³-hybridized carbons (Fsp3) is 0.840. The van der Waals surface area contributed by atoms with E-state index >= 15 is 0 Å². The normalized spacial score (nSPS) is 11.2. The topological polar surface area (TPSA) is 100 Å². The molecule has 0 atom stereocenters. The molecule has 0 rings (SSSR count). The number of hydrogen-bond acceptors (Lipinski definition) is 6. The largest absolute Gasteiger partial charge is 0.356 e. The Hall–Kier alpha value is -1.96. The van der Waals surface area contributed by atoms with Crippen LogP contribution in [0.3, 0.4) is 0 Å². The number of carbonyl (C=O) groups is 2. The Morgan fingerprint density at radius 1 is 0.719 bits per heavy atom. The first-order valence-electron chi connectivity index (χ1n) is 12.3. The van der Waals surface area contributed by atoms with E-state index in [0.717, 1.165) is 45.2 Å². The minimum atomic E-state index is 0.0726. The highest BCUT2D eigenvalue weighted by atomic mass is 16.1. The van der Waals surface area contributed by atoms with Crippen molar-refractivity contribution in [2.24, 2.45) is 0 Å². The third-order valence-electron chi connectivity index (χ3n) is 5.74. The molecule has 0 saturated heterocycles. The highest BCUT2D eigenvalue weighted by Crippen LogP contribution is 2.08. The van der Waals surface area contributed by atoms with Crippen LogP contribution in [-0.2, 0) is 9.59 Å². The van der Waals surface area contributed by atoms with Gasteiger partial charge >= 0.3 is 0 Å². The molecule has 0 fully saturated rings. The Morgan fingerprint density at radius 3 is 1.75 bits per heavy atom. The van der Waals surface area contributed by atoms with Gasteiger partial charge in [0.1, 0.15) is 5.78 Å². The van der Waals surface area contributed by atoms with E-state index in [2.05, 4.69) is 54.9 Å². The first kappa shape index (κ1) is 30.0. The molecular weight excluding hydrogens is 402 g/mol. The number of rotatable bonds is 20. The summed E-state index contributed by atoms with van der Waals surface area (Å²) in [7, 11) is 0. The lowest BCUT2D eigenvalue weighted by Crippen LogP contribution is -2.36. The lowest BCUT2D eigenvalue weighted by atomic mass is 10.1. The molecule has 0 heterocycles. The summed E-state index contributed by atoms with van der Waals surface area (Å²) in [5.41, 5.74) is 0. The number of carbonyl (C=O) groups excluding carboxylic acids is 2. The maximum Gasteiger partial charge on any atom is 0.221 e. The first-order valence-corrected chi connectivity index (χ1v) is 12.3. The van der Waals surface area contributed by atoms with Gasteiger partial charge in [-0.1, -0.05) is 19.3 Å². The second kappa shape index (κ2) is 19.7. The second-order valence-electron chi connectivity index (χ2n) is 8.98. The molecule has 32 heavy (non-hydrogen) atoms. The Balaban J connectivity index is 3.72. The molecule has 0 aliphatic rings. The van der Waals surface area contributed by atoms with Gasteiger partial charge in [-0.15, -0.1) is 0 Å². The average Bonchev–Trinajstić information content (AvgIpc) is 2.75. The molecule has 0 radical (unpaired) electrons. The summed E-state index contributed by atoms with van der Waals surface area (Å²) in [5.74, 6) is 0.383. The summed E-state index contributed by atoms with van der Waals surface area (Å²) in [6.45, 7) is 11.9. The van der Waals surface area contributed by atoms with E-state index in [-0.39, 0.29) is 5.91 Å². The number of hydrogen-bond donors (Lipinski definition) is 1. The molecule has 0 aromatic carbocycles. The Morgan fingerprint density at radius 2 is 1.22 bits per heavy atom. The number of nitrogens with one attached hydrogen (secondary N) is 1. The highest BCUT2D eigenvalue weighted by Gasteiger charge is 2.12. The summed E-state index contributed by atoms with van der Waals surface area (Å²) < 4.78 is 0. The van der Waals surface area contributed by atoms with E-state index in [9.17, 15) is 9.59 Å². The van der Waals surface area contributed by atoms with Crippen LogP contribution in [0, 0.1) is 22.7 Å². The van der Waals surface area contributed by atoms with E-state index < -0.39 is 0 Å². The molecule has 0 bridgehead atoms. The van der Waals surface area contributed by atoms with Crippen molar-refractivity contribution < 1.29 is 9.59 Å². The number of Topliss-reactive ketones (excluding diaryl/α,β-unsaturated/α-hetero) is 1. The van der Waals surface area contributed by atoms with Crippen LogP contribution >= 0.6 is 0 Å². The second-order valence-corrected chi connectivity index (χ2v) is 8.98.